The summed E-state index contributed by atoms with van der Waals surface area (Å²) in [5.41, 5.74) is 1.03. The van der Waals surface area contributed by atoms with E-state index in [1.54, 1.807) is 0 Å². The molecule has 0 aromatic heterocycles. The summed E-state index contributed by atoms with van der Waals surface area (Å²) in [6.07, 6.45) is 3.98. The van der Waals surface area contributed by atoms with Crippen LogP contribution >= 0.6 is 6.89 Å². The van der Waals surface area contributed by atoms with E-state index in [1.807, 2.05) is 104 Å². The van der Waals surface area contributed by atoms with Crippen LogP contribution in [-0.2, 0) is 9.53 Å². The van der Waals surface area contributed by atoms with Crippen LogP contribution in [0, 0.1) is 0 Å². The molecule has 4 rings (SSSR count). The van der Waals surface area contributed by atoms with Crippen LogP contribution in [0.25, 0.3) is 6.08 Å². The average Bonchev–Trinajstić information content (AvgIpc) is 2.89. The van der Waals surface area contributed by atoms with E-state index in [1.165, 1.54) is 0 Å². The number of benzene rings is 4. The van der Waals surface area contributed by atoms with Gasteiger partial charge in [0.1, 0.15) is 0 Å². The van der Waals surface area contributed by atoms with Gasteiger partial charge >= 0.3 is 5.97 Å². The molecule has 2 nitrogen and oxygen atoms in total. The zero-order chi connectivity index (χ0) is 22.9. The van der Waals surface area contributed by atoms with Crippen molar-refractivity contribution >= 4 is 40.1 Å². The van der Waals surface area contributed by atoms with Crippen LogP contribution in [0.15, 0.2) is 127 Å². The van der Waals surface area contributed by atoms with Gasteiger partial charge in [0.15, 0.2) is 0 Å². The Morgan fingerprint density at radius 2 is 1.06 bits per heavy atom. The molecule has 0 radical (unpaired) electrons. The first-order chi connectivity index (χ1) is 16.3. The fourth-order valence-electron chi connectivity index (χ4n) is 4.08. The Hall–Kier alpha value is -3.61. The summed E-state index contributed by atoms with van der Waals surface area (Å²) in [4.78, 5) is 13.6. The van der Waals surface area contributed by atoms with E-state index in [9.17, 15) is 4.79 Å². The third-order valence-corrected chi connectivity index (χ3v) is 9.78. The Balaban J connectivity index is 2.17. The van der Waals surface area contributed by atoms with Crippen molar-refractivity contribution in [2.24, 2.45) is 0 Å². The number of ether oxygens (including phenoxy) is 1. The summed E-state index contributed by atoms with van der Waals surface area (Å²) in [6, 6.07) is 41.1. The summed E-state index contributed by atoms with van der Waals surface area (Å²) in [7, 11) is 0. The highest BCUT2D eigenvalue weighted by Crippen LogP contribution is 2.46. The molecule has 0 saturated heterocycles. The van der Waals surface area contributed by atoms with Crippen LogP contribution < -0.4 is 15.9 Å². The summed E-state index contributed by atoms with van der Waals surface area (Å²) < 4.78 is 5.66. The Bertz CT molecular complexity index is 1160. The highest BCUT2D eigenvalue weighted by molar-refractivity contribution is 7.96. The summed E-state index contributed by atoms with van der Waals surface area (Å²) in [5.74, 6) is -0.283. The van der Waals surface area contributed by atoms with Crippen molar-refractivity contribution in [3.05, 3.63) is 133 Å². The molecule has 164 valence electrons. The Labute approximate surface area is 196 Å². The maximum Gasteiger partial charge on any atom is 0.339 e. The standard InChI is InChI=1S/C30H27O2P/c1-2-32-30(31)29(24-23-25-15-7-3-8-16-25)33(26-17-9-4-10-18-26,27-19-11-5-12-20-27)28-21-13-6-14-22-28/h3-24H,2H2,1H3/b24-23+. The quantitative estimate of drug-likeness (QED) is 0.277. The van der Waals surface area contributed by atoms with Gasteiger partial charge in [-0.1, -0.05) is 127 Å². The SMILES string of the molecule is CCOC(=O)C(/C=C/c1ccccc1)=P(c1ccccc1)(c1ccccc1)c1ccccc1. The molecule has 0 fully saturated rings. The first kappa shape index (κ1) is 22.6. The predicted molar refractivity (Wildman–Crippen MR) is 142 cm³/mol. The van der Waals surface area contributed by atoms with Crippen LogP contribution in [0.3, 0.4) is 0 Å². The van der Waals surface area contributed by atoms with Gasteiger partial charge < -0.3 is 4.74 Å². The highest BCUT2D eigenvalue weighted by atomic mass is 31.2. The maximum atomic E-state index is 13.6. The molecule has 0 aliphatic heterocycles. The van der Waals surface area contributed by atoms with Crippen LogP contribution in [0.4, 0.5) is 0 Å². The van der Waals surface area contributed by atoms with Crippen LogP contribution in [0.2, 0.25) is 0 Å². The molecule has 0 aliphatic rings. The lowest BCUT2D eigenvalue weighted by Gasteiger charge is -2.31. The molecule has 4 aromatic rings. The largest absolute Gasteiger partial charge is 0.462 e. The lowest BCUT2D eigenvalue weighted by atomic mass is 10.2. The number of carbonyl (C=O) groups excluding carboxylic acids is 1. The van der Waals surface area contributed by atoms with Gasteiger partial charge in [-0.25, -0.2) is 4.79 Å². The maximum absolute atomic E-state index is 13.6. The molecule has 0 unspecified atom stereocenters. The summed E-state index contributed by atoms with van der Waals surface area (Å²) in [5, 5.41) is 4.02. The molecule has 0 bridgehead atoms. The predicted octanol–water partition coefficient (Wildman–Crippen LogP) is 5.43. The molecule has 33 heavy (non-hydrogen) atoms. The fraction of sp³-hybridized carbons (Fsp3) is 0.0667. The van der Waals surface area contributed by atoms with Gasteiger partial charge in [0, 0.05) is 0 Å². The molecular formula is C30H27O2P. The smallest absolute Gasteiger partial charge is 0.339 e. The van der Waals surface area contributed by atoms with Gasteiger partial charge in [-0.05, 0) is 41.4 Å². The zero-order valence-electron chi connectivity index (χ0n) is 18.7. The first-order valence-corrected chi connectivity index (χ1v) is 12.9. The second-order valence-electron chi connectivity index (χ2n) is 7.53. The van der Waals surface area contributed by atoms with E-state index < -0.39 is 6.89 Å². The molecular weight excluding hydrogens is 423 g/mol. The van der Waals surface area contributed by atoms with E-state index in [2.05, 4.69) is 36.4 Å². The van der Waals surface area contributed by atoms with Crippen molar-refractivity contribution in [3.63, 3.8) is 0 Å². The van der Waals surface area contributed by atoms with Crippen molar-refractivity contribution in [3.8, 4) is 0 Å². The van der Waals surface area contributed by atoms with Gasteiger partial charge in [0.05, 0.1) is 11.9 Å². The third-order valence-electron chi connectivity index (χ3n) is 5.51. The van der Waals surface area contributed by atoms with Crippen LogP contribution in [-0.4, -0.2) is 17.9 Å². The van der Waals surface area contributed by atoms with Gasteiger partial charge in [0.25, 0.3) is 0 Å². The second-order valence-corrected chi connectivity index (χ2v) is 10.9. The number of rotatable bonds is 7. The monoisotopic (exact) mass is 450 g/mol. The molecule has 0 atom stereocenters. The molecule has 0 spiro atoms. The van der Waals surface area contributed by atoms with Crippen molar-refractivity contribution in [1.82, 2.24) is 0 Å². The minimum Gasteiger partial charge on any atom is -0.462 e. The van der Waals surface area contributed by atoms with Crippen LogP contribution in [0.1, 0.15) is 12.5 Å². The van der Waals surface area contributed by atoms with E-state index in [4.69, 9.17) is 4.74 Å². The highest BCUT2D eigenvalue weighted by Gasteiger charge is 2.32. The van der Waals surface area contributed by atoms with Crippen molar-refractivity contribution in [1.29, 1.82) is 0 Å². The summed E-state index contributed by atoms with van der Waals surface area (Å²) in [6.45, 7) is -0.360. The summed E-state index contributed by atoms with van der Waals surface area (Å²) >= 11 is 0. The molecule has 4 aromatic carbocycles. The van der Waals surface area contributed by atoms with Crippen molar-refractivity contribution in [2.45, 2.75) is 6.92 Å². The van der Waals surface area contributed by atoms with E-state index in [0.29, 0.717) is 11.9 Å². The number of carbonyl (C=O) groups is 1. The molecule has 0 aliphatic carbocycles. The van der Waals surface area contributed by atoms with Crippen LogP contribution in [0.5, 0.6) is 0 Å². The third kappa shape index (κ3) is 4.77. The topological polar surface area (TPSA) is 26.3 Å². The fourth-order valence-corrected chi connectivity index (χ4v) is 8.30. The van der Waals surface area contributed by atoms with Gasteiger partial charge in [-0.2, -0.15) is 0 Å². The van der Waals surface area contributed by atoms with E-state index >= 15 is 0 Å². The molecule has 3 heteroatoms. The molecule has 0 heterocycles. The normalized spacial score (nSPS) is 11.3. The first-order valence-electron chi connectivity index (χ1n) is 11.1. The number of hydrogen-bond acceptors (Lipinski definition) is 2. The Kier molecular flexibility index (Phi) is 7.40. The van der Waals surface area contributed by atoms with Crippen molar-refractivity contribution in [2.75, 3.05) is 6.61 Å². The molecule has 0 N–H and O–H groups in total. The van der Waals surface area contributed by atoms with Gasteiger partial charge in [-0.3, -0.25) is 0 Å². The van der Waals surface area contributed by atoms with Gasteiger partial charge in [-0.15, -0.1) is 0 Å². The Morgan fingerprint density at radius 3 is 1.45 bits per heavy atom. The lowest BCUT2D eigenvalue weighted by Crippen LogP contribution is -2.33. The Morgan fingerprint density at radius 1 is 0.667 bits per heavy atom. The van der Waals surface area contributed by atoms with E-state index in [0.717, 1.165) is 21.5 Å². The van der Waals surface area contributed by atoms with Gasteiger partial charge in [0.2, 0.25) is 0 Å². The van der Waals surface area contributed by atoms with Crippen molar-refractivity contribution < 1.29 is 9.53 Å². The second kappa shape index (κ2) is 10.8. The zero-order valence-corrected chi connectivity index (χ0v) is 19.6. The minimum atomic E-state index is -2.53. The molecule has 0 saturated carbocycles. The van der Waals surface area contributed by atoms with E-state index in [-0.39, 0.29) is 5.97 Å². The molecule has 0 amide bonds. The number of esters is 1. The lowest BCUT2D eigenvalue weighted by molar-refractivity contribution is -0.134. The number of hydrogen-bond donors (Lipinski definition) is 0. The average molecular weight is 451 g/mol. The minimum absolute atomic E-state index is 0.283.